The van der Waals surface area contributed by atoms with Crippen LogP contribution in [0.15, 0.2) is 24.3 Å². The number of hydrogen-bond donors (Lipinski definition) is 1. The first-order chi connectivity index (χ1) is 9.47. The van der Waals surface area contributed by atoms with Crippen molar-refractivity contribution in [2.75, 3.05) is 19.6 Å². The van der Waals surface area contributed by atoms with Crippen LogP contribution in [0.2, 0.25) is 0 Å². The summed E-state index contributed by atoms with van der Waals surface area (Å²) in [5.41, 5.74) is 3.42. The minimum atomic E-state index is 0.274. The lowest BCUT2D eigenvalue weighted by Gasteiger charge is -2.49. The van der Waals surface area contributed by atoms with E-state index in [4.69, 9.17) is 0 Å². The second-order valence-corrected chi connectivity index (χ2v) is 7.55. The van der Waals surface area contributed by atoms with Gasteiger partial charge in [-0.25, -0.2) is 0 Å². The quantitative estimate of drug-likeness (QED) is 0.910. The lowest BCUT2D eigenvalue weighted by Crippen LogP contribution is -2.64. The molecule has 3 rings (SSSR count). The normalized spacial score (nSPS) is 29.1. The summed E-state index contributed by atoms with van der Waals surface area (Å²) in [5.74, 6) is 1.46. The second-order valence-electron chi connectivity index (χ2n) is 7.55. The molecule has 1 aromatic rings. The van der Waals surface area contributed by atoms with Crippen LogP contribution in [0.3, 0.4) is 0 Å². The summed E-state index contributed by atoms with van der Waals surface area (Å²) in [7, 11) is 0. The minimum Gasteiger partial charge on any atom is -0.311 e. The Labute approximate surface area is 123 Å². The topological polar surface area (TPSA) is 15.3 Å². The molecule has 2 atom stereocenters. The first-order valence-corrected chi connectivity index (χ1v) is 8.03. The molecule has 1 aromatic carbocycles. The van der Waals surface area contributed by atoms with E-state index in [2.05, 4.69) is 62.2 Å². The van der Waals surface area contributed by atoms with E-state index in [0.717, 1.165) is 12.5 Å². The Bertz CT molecular complexity index is 478. The lowest BCUT2D eigenvalue weighted by molar-refractivity contribution is 0.0468. The number of benzene rings is 1. The van der Waals surface area contributed by atoms with Crippen LogP contribution >= 0.6 is 0 Å². The summed E-state index contributed by atoms with van der Waals surface area (Å²) in [4.78, 5) is 2.72. The molecule has 1 aliphatic heterocycles. The Morgan fingerprint density at radius 2 is 2.05 bits per heavy atom. The lowest BCUT2D eigenvalue weighted by atomic mass is 9.76. The third-order valence-electron chi connectivity index (χ3n) is 5.28. The predicted octanol–water partition coefficient (Wildman–Crippen LogP) is 3.03. The van der Waals surface area contributed by atoms with E-state index in [9.17, 15) is 0 Å². The summed E-state index contributed by atoms with van der Waals surface area (Å²) >= 11 is 0. The first kappa shape index (κ1) is 14.1. The van der Waals surface area contributed by atoms with Crippen molar-refractivity contribution in [3.8, 4) is 0 Å². The van der Waals surface area contributed by atoms with Gasteiger partial charge in [-0.1, -0.05) is 38.1 Å². The average Bonchev–Trinajstić information content (AvgIpc) is 2.37. The Hall–Kier alpha value is -0.860. The van der Waals surface area contributed by atoms with Crippen molar-refractivity contribution in [3.63, 3.8) is 0 Å². The highest BCUT2D eigenvalue weighted by Crippen LogP contribution is 2.37. The van der Waals surface area contributed by atoms with Gasteiger partial charge in [0.1, 0.15) is 0 Å². The van der Waals surface area contributed by atoms with Gasteiger partial charge < -0.3 is 5.32 Å². The fourth-order valence-corrected chi connectivity index (χ4v) is 3.60. The molecule has 0 radical (unpaired) electrons. The van der Waals surface area contributed by atoms with Gasteiger partial charge >= 0.3 is 0 Å². The van der Waals surface area contributed by atoms with Crippen molar-refractivity contribution in [1.29, 1.82) is 0 Å². The molecule has 0 spiro atoms. The number of rotatable bonds is 3. The molecule has 2 nitrogen and oxygen atoms in total. The summed E-state index contributed by atoms with van der Waals surface area (Å²) in [5, 5.41) is 3.73. The molecular weight excluding hydrogens is 244 g/mol. The van der Waals surface area contributed by atoms with Gasteiger partial charge in [-0.2, -0.15) is 0 Å². The number of fused-ring (bicyclic) bond motifs is 1. The number of piperazine rings is 1. The molecule has 0 bridgehead atoms. The van der Waals surface area contributed by atoms with Crippen molar-refractivity contribution in [2.24, 2.45) is 5.92 Å². The molecule has 1 heterocycles. The molecule has 1 saturated heterocycles. The zero-order valence-electron chi connectivity index (χ0n) is 13.3. The molecule has 20 heavy (non-hydrogen) atoms. The molecule has 0 amide bonds. The van der Waals surface area contributed by atoms with E-state index in [1.54, 1.807) is 11.1 Å². The number of nitrogens with one attached hydrogen (secondary N) is 1. The average molecular weight is 272 g/mol. The molecule has 0 saturated carbocycles. The molecule has 1 aliphatic carbocycles. The Kier molecular flexibility index (Phi) is 3.64. The summed E-state index contributed by atoms with van der Waals surface area (Å²) < 4.78 is 0. The zero-order valence-corrected chi connectivity index (χ0v) is 13.3. The van der Waals surface area contributed by atoms with Crippen molar-refractivity contribution in [1.82, 2.24) is 10.2 Å². The molecule has 1 fully saturated rings. The predicted molar refractivity (Wildman–Crippen MR) is 85.2 cm³/mol. The SMILES string of the molecule is CC(C)C1CN(CC2Cc3ccccc32)C(C)(C)CN1. The van der Waals surface area contributed by atoms with Gasteiger partial charge in [0.15, 0.2) is 0 Å². The van der Waals surface area contributed by atoms with E-state index < -0.39 is 0 Å². The standard InChI is InChI=1S/C18H28N2/c1-13(2)17-11-20(18(3,4)12-19-17)10-15-9-14-7-5-6-8-16(14)15/h5-8,13,15,17,19H,9-12H2,1-4H3. The molecule has 0 aromatic heterocycles. The van der Waals surface area contributed by atoms with Crippen LogP contribution < -0.4 is 5.32 Å². The van der Waals surface area contributed by atoms with Gasteiger partial charge in [0.2, 0.25) is 0 Å². The van der Waals surface area contributed by atoms with Crippen LogP contribution in [-0.2, 0) is 6.42 Å². The van der Waals surface area contributed by atoms with Gasteiger partial charge in [0.05, 0.1) is 0 Å². The van der Waals surface area contributed by atoms with Gasteiger partial charge in [-0.15, -0.1) is 0 Å². The summed E-state index contributed by atoms with van der Waals surface area (Å²) in [6, 6.07) is 9.59. The van der Waals surface area contributed by atoms with Crippen LogP contribution in [0.25, 0.3) is 0 Å². The maximum Gasteiger partial charge on any atom is 0.0278 e. The van der Waals surface area contributed by atoms with Crippen molar-refractivity contribution < 1.29 is 0 Å². The van der Waals surface area contributed by atoms with Crippen molar-refractivity contribution in [3.05, 3.63) is 35.4 Å². The largest absolute Gasteiger partial charge is 0.311 e. The van der Waals surface area contributed by atoms with Gasteiger partial charge in [0.25, 0.3) is 0 Å². The summed E-state index contributed by atoms with van der Waals surface area (Å²) in [6.07, 6.45) is 1.27. The smallest absolute Gasteiger partial charge is 0.0278 e. The Balaban J connectivity index is 1.69. The molecule has 2 heteroatoms. The highest BCUT2D eigenvalue weighted by atomic mass is 15.3. The van der Waals surface area contributed by atoms with Crippen LogP contribution in [0.1, 0.15) is 44.7 Å². The molecule has 110 valence electrons. The first-order valence-electron chi connectivity index (χ1n) is 8.03. The van der Waals surface area contributed by atoms with E-state index in [0.29, 0.717) is 12.0 Å². The molecule has 2 aliphatic rings. The summed E-state index contributed by atoms with van der Waals surface area (Å²) in [6.45, 7) is 12.9. The van der Waals surface area contributed by atoms with E-state index in [-0.39, 0.29) is 5.54 Å². The van der Waals surface area contributed by atoms with Crippen LogP contribution in [0, 0.1) is 5.92 Å². The molecule has 2 unspecified atom stereocenters. The van der Waals surface area contributed by atoms with Gasteiger partial charge in [-0.05, 0) is 37.3 Å². The van der Waals surface area contributed by atoms with Gasteiger partial charge in [0, 0.05) is 37.1 Å². The Morgan fingerprint density at radius 1 is 1.30 bits per heavy atom. The maximum absolute atomic E-state index is 3.73. The van der Waals surface area contributed by atoms with Crippen LogP contribution in [0.5, 0.6) is 0 Å². The minimum absolute atomic E-state index is 0.274. The Morgan fingerprint density at radius 3 is 2.75 bits per heavy atom. The van der Waals surface area contributed by atoms with Crippen LogP contribution in [-0.4, -0.2) is 36.1 Å². The third kappa shape index (κ3) is 2.51. The van der Waals surface area contributed by atoms with Crippen molar-refractivity contribution in [2.45, 2.75) is 51.6 Å². The molecular formula is C18H28N2. The van der Waals surface area contributed by atoms with E-state index in [1.165, 1.54) is 19.5 Å². The fourth-order valence-electron chi connectivity index (χ4n) is 3.60. The zero-order chi connectivity index (χ0) is 14.3. The van der Waals surface area contributed by atoms with Gasteiger partial charge in [-0.3, -0.25) is 4.90 Å². The van der Waals surface area contributed by atoms with Crippen LogP contribution in [0.4, 0.5) is 0 Å². The van der Waals surface area contributed by atoms with E-state index in [1.807, 2.05) is 0 Å². The highest BCUT2D eigenvalue weighted by molar-refractivity contribution is 5.40. The molecule has 1 N–H and O–H groups in total. The fraction of sp³-hybridized carbons (Fsp3) is 0.667. The second kappa shape index (κ2) is 5.16. The number of hydrogen-bond acceptors (Lipinski definition) is 2. The monoisotopic (exact) mass is 272 g/mol. The number of nitrogens with zero attached hydrogens (tertiary/aromatic N) is 1. The maximum atomic E-state index is 3.73. The highest BCUT2D eigenvalue weighted by Gasteiger charge is 2.38. The third-order valence-corrected chi connectivity index (χ3v) is 5.28. The van der Waals surface area contributed by atoms with Crippen molar-refractivity contribution >= 4 is 0 Å². The van der Waals surface area contributed by atoms with E-state index >= 15 is 0 Å².